The summed E-state index contributed by atoms with van der Waals surface area (Å²) in [7, 11) is 0. The molecule has 8 heteroatoms. The summed E-state index contributed by atoms with van der Waals surface area (Å²) in [5, 5.41) is 28.0. The van der Waals surface area contributed by atoms with Crippen molar-refractivity contribution in [2.24, 2.45) is 0 Å². The molecule has 0 aliphatic carbocycles. The van der Waals surface area contributed by atoms with Crippen LogP contribution >= 0.6 is 47.8 Å². The van der Waals surface area contributed by atoms with Crippen molar-refractivity contribution < 1.29 is 24.9 Å². The molecule has 1 aromatic rings. The SMILES string of the molecule is CC(C)(C(=CC(Br)C(=O)O)CC(=O)O)c1cc(Br)c(O)c(Br)c1. The number of hydrogen-bond acceptors (Lipinski definition) is 3. The van der Waals surface area contributed by atoms with Gasteiger partial charge in [-0.25, -0.2) is 0 Å². The first-order valence-corrected chi connectivity index (χ1v) is 8.95. The molecule has 0 fully saturated rings. The van der Waals surface area contributed by atoms with Crippen LogP contribution in [0.3, 0.4) is 0 Å². The third-order valence-corrected chi connectivity index (χ3v) is 5.33. The van der Waals surface area contributed by atoms with Crippen LogP contribution in [0, 0.1) is 0 Å². The predicted octanol–water partition coefficient (Wildman–Crippen LogP) is 4.44. The summed E-state index contributed by atoms with van der Waals surface area (Å²) in [4.78, 5) is 21.2. The number of alkyl halides is 1. The lowest BCUT2D eigenvalue weighted by molar-refractivity contribution is -0.137. The van der Waals surface area contributed by atoms with Gasteiger partial charge in [0.05, 0.1) is 15.4 Å². The van der Waals surface area contributed by atoms with Crippen molar-refractivity contribution in [3.8, 4) is 5.75 Å². The molecule has 0 aromatic heterocycles. The maximum atomic E-state index is 11.2. The standard InChI is InChI=1S/C15H15Br3O5/c1-15(2,7-3-9(16)13(21)10(17)4-7)8(6-12(19)20)5-11(18)14(22)23/h3-5,11,21H,6H2,1-2H3,(H,19,20)(H,22,23). The number of carboxylic acid groups (broad SMARTS) is 2. The summed E-state index contributed by atoms with van der Waals surface area (Å²) < 4.78 is 0.913. The van der Waals surface area contributed by atoms with Gasteiger partial charge < -0.3 is 15.3 Å². The maximum absolute atomic E-state index is 11.2. The molecule has 0 amide bonds. The molecule has 1 aromatic carbocycles. The van der Waals surface area contributed by atoms with Gasteiger partial charge in [0.15, 0.2) is 0 Å². The Labute approximate surface area is 158 Å². The Kier molecular flexibility index (Phi) is 6.85. The van der Waals surface area contributed by atoms with Gasteiger partial charge >= 0.3 is 11.9 Å². The fraction of sp³-hybridized carbons (Fsp3) is 0.333. The van der Waals surface area contributed by atoms with Crippen molar-refractivity contribution >= 4 is 59.7 Å². The smallest absolute Gasteiger partial charge is 0.321 e. The first-order chi connectivity index (χ1) is 10.5. The largest absolute Gasteiger partial charge is 0.506 e. The van der Waals surface area contributed by atoms with Crippen molar-refractivity contribution in [2.75, 3.05) is 0 Å². The number of hydrogen-bond donors (Lipinski definition) is 3. The van der Waals surface area contributed by atoms with Gasteiger partial charge in [-0.15, -0.1) is 0 Å². The Morgan fingerprint density at radius 1 is 1.22 bits per heavy atom. The number of aromatic hydroxyl groups is 1. The third kappa shape index (κ3) is 5.06. The van der Waals surface area contributed by atoms with Crippen molar-refractivity contribution in [3.05, 3.63) is 38.3 Å². The molecule has 0 radical (unpaired) electrons. The van der Waals surface area contributed by atoms with E-state index in [0.29, 0.717) is 14.5 Å². The summed E-state index contributed by atoms with van der Waals surface area (Å²) in [6.07, 6.45) is 1.10. The Hall–Kier alpha value is -0.860. The van der Waals surface area contributed by atoms with Gasteiger partial charge in [-0.3, -0.25) is 9.59 Å². The summed E-state index contributed by atoms with van der Waals surface area (Å²) in [5.41, 5.74) is 0.420. The zero-order chi connectivity index (χ0) is 17.9. The number of rotatable bonds is 6. The first-order valence-electron chi connectivity index (χ1n) is 6.45. The molecular weight excluding hydrogens is 500 g/mol. The van der Waals surface area contributed by atoms with E-state index in [9.17, 15) is 14.7 Å². The summed E-state index contributed by atoms with van der Waals surface area (Å²) >= 11 is 9.50. The van der Waals surface area contributed by atoms with E-state index >= 15 is 0 Å². The molecule has 5 nitrogen and oxygen atoms in total. The number of aliphatic carboxylic acids is 2. The molecule has 0 bridgehead atoms. The average molecular weight is 515 g/mol. The van der Waals surface area contributed by atoms with Crippen molar-refractivity contribution in [1.82, 2.24) is 0 Å². The van der Waals surface area contributed by atoms with Crippen LogP contribution in [0.25, 0.3) is 0 Å². The molecule has 0 saturated carbocycles. The van der Waals surface area contributed by atoms with Crippen LogP contribution in [0.5, 0.6) is 5.75 Å². The van der Waals surface area contributed by atoms with E-state index in [0.717, 1.165) is 5.56 Å². The van der Waals surface area contributed by atoms with E-state index in [-0.39, 0.29) is 12.2 Å². The summed E-state index contributed by atoms with van der Waals surface area (Å²) in [6.45, 7) is 3.60. The second-order valence-electron chi connectivity index (χ2n) is 5.42. The van der Waals surface area contributed by atoms with Gasteiger partial charge in [0.2, 0.25) is 0 Å². The monoisotopic (exact) mass is 512 g/mol. The van der Waals surface area contributed by atoms with Gasteiger partial charge in [0, 0.05) is 5.41 Å². The maximum Gasteiger partial charge on any atom is 0.321 e. The minimum Gasteiger partial charge on any atom is -0.506 e. The highest BCUT2D eigenvalue weighted by atomic mass is 79.9. The molecule has 1 atom stereocenters. The lowest BCUT2D eigenvalue weighted by Gasteiger charge is -2.29. The lowest BCUT2D eigenvalue weighted by Crippen LogP contribution is -2.25. The Morgan fingerprint density at radius 3 is 2.09 bits per heavy atom. The van der Waals surface area contributed by atoms with E-state index in [4.69, 9.17) is 10.2 Å². The molecule has 126 valence electrons. The molecule has 0 heterocycles. The number of carboxylic acids is 2. The molecule has 0 aliphatic heterocycles. The molecule has 0 aliphatic rings. The Balaban J connectivity index is 3.43. The minimum absolute atomic E-state index is 0.0391. The van der Waals surface area contributed by atoms with Crippen LogP contribution in [0.4, 0.5) is 0 Å². The van der Waals surface area contributed by atoms with Crippen LogP contribution in [-0.4, -0.2) is 32.1 Å². The predicted molar refractivity (Wildman–Crippen MR) is 97.2 cm³/mol. The van der Waals surface area contributed by atoms with Crippen molar-refractivity contribution in [3.63, 3.8) is 0 Å². The normalized spacial score (nSPS) is 13.7. The molecule has 3 N–H and O–H groups in total. The molecule has 23 heavy (non-hydrogen) atoms. The molecule has 0 saturated heterocycles. The van der Waals surface area contributed by atoms with Crippen molar-refractivity contribution in [1.29, 1.82) is 0 Å². The van der Waals surface area contributed by atoms with Gasteiger partial charge in [0.1, 0.15) is 10.6 Å². The first kappa shape index (κ1) is 20.2. The fourth-order valence-corrected chi connectivity index (χ4v) is 3.52. The van der Waals surface area contributed by atoms with E-state index in [1.54, 1.807) is 26.0 Å². The number of phenols is 1. The topological polar surface area (TPSA) is 94.8 Å². The van der Waals surface area contributed by atoms with Crippen molar-refractivity contribution in [2.45, 2.75) is 30.5 Å². The van der Waals surface area contributed by atoms with Gasteiger partial charge in [-0.05, 0) is 49.6 Å². The van der Waals surface area contributed by atoms with E-state index < -0.39 is 22.2 Å². The zero-order valence-corrected chi connectivity index (χ0v) is 17.1. The lowest BCUT2D eigenvalue weighted by atomic mass is 9.76. The fourth-order valence-electron chi connectivity index (χ4n) is 2.01. The highest BCUT2D eigenvalue weighted by Gasteiger charge is 2.30. The quantitative estimate of drug-likeness (QED) is 0.385. The molecule has 1 unspecified atom stereocenters. The molecule has 0 spiro atoms. The number of phenolic OH excluding ortho intramolecular Hbond substituents is 1. The summed E-state index contributed by atoms with van der Waals surface area (Å²) in [5.74, 6) is -2.11. The van der Waals surface area contributed by atoms with Crippen LogP contribution in [0.2, 0.25) is 0 Å². The third-order valence-electron chi connectivity index (χ3n) is 3.47. The van der Waals surface area contributed by atoms with Crippen LogP contribution in [-0.2, 0) is 15.0 Å². The van der Waals surface area contributed by atoms with Crippen LogP contribution in [0.15, 0.2) is 32.7 Å². The molecular formula is C15H15Br3O5. The number of carbonyl (C=O) groups is 2. The Bertz CT molecular complexity index is 644. The van der Waals surface area contributed by atoms with Gasteiger partial charge in [-0.1, -0.05) is 41.4 Å². The van der Waals surface area contributed by atoms with E-state index in [1.807, 2.05) is 0 Å². The second kappa shape index (κ2) is 7.81. The van der Waals surface area contributed by atoms with E-state index in [2.05, 4.69) is 47.8 Å². The van der Waals surface area contributed by atoms with Gasteiger partial charge in [-0.2, -0.15) is 0 Å². The highest BCUT2D eigenvalue weighted by Crippen LogP contribution is 2.41. The van der Waals surface area contributed by atoms with Gasteiger partial charge in [0.25, 0.3) is 0 Å². The minimum atomic E-state index is -1.10. The highest BCUT2D eigenvalue weighted by molar-refractivity contribution is 9.11. The van der Waals surface area contributed by atoms with Crippen LogP contribution in [0.1, 0.15) is 25.8 Å². The van der Waals surface area contributed by atoms with E-state index in [1.165, 1.54) is 6.08 Å². The second-order valence-corrected chi connectivity index (χ2v) is 8.11. The van der Waals surface area contributed by atoms with Crippen LogP contribution < -0.4 is 0 Å². The summed E-state index contributed by atoms with van der Waals surface area (Å²) in [6, 6.07) is 3.36. The average Bonchev–Trinajstić information content (AvgIpc) is 2.42. The number of halogens is 3. The zero-order valence-electron chi connectivity index (χ0n) is 12.3. The number of benzene rings is 1. The Morgan fingerprint density at radius 2 is 1.70 bits per heavy atom. The molecule has 1 rings (SSSR count).